The highest BCUT2D eigenvalue weighted by Crippen LogP contribution is 2.07. The van der Waals surface area contributed by atoms with Crippen molar-refractivity contribution in [1.82, 2.24) is 10.3 Å². The third kappa shape index (κ3) is 3.95. The van der Waals surface area contributed by atoms with Crippen LogP contribution < -0.4 is 5.32 Å². The zero-order chi connectivity index (χ0) is 11.1. The summed E-state index contributed by atoms with van der Waals surface area (Å²) in [6.07, 6.45) is 1.11. The number of hydrogen-bond acceptors (Lipinski definition) is 4. The number of amides is 1. The zero-order valence-electron chi connectivity index (χ0n) is 8.51. The molecular weight excluding hydrogens is 196 g/mol. The molecule has 1 heterocycles. The summed E-state index contributed by atoms with van der Waals surface area (Å²) in [6.45, 7) is 1.63. The second-order valence-electron chi connectivity index (χ2n) is 2.98. The van der Waals surface area contributed by atoms with Gasteiger partial charge in [-0.2, -0.15) is 0 Å². The Morgan fingerprint density at radius 1 is 1.67 bits per heavy atom. The van der Waals surface area contributed by atoms with Crippen LogP contribution in [-0.2, 0) is 4.74 Å². The second-order valence-corrected chi connectivity index (χ2v) is 2.98. The normalized spacial score (nSPS) is 11.9. The van der Waals surface area contributed by atoms with Crippen LogP contribution in [0, 0.1) is 0 Å². The molecule has 0 aliphatic rings. The number of rotatable bonds is 4. The van der Waals surface area contributed by atoms with Crippen LogP contribution in [0.15, 0.2) is 24.4 Å². The molecular formula is C10H14N2O3. The van der Waals surface area contributed by atoms with Gasteiger partial charge < -0.3 is 15.2 Å². The summed E-state index contributed by atoms with van der Waals surface area (Å²) in [7, 11) is 0. The van der Waals surface area contributed by atoms with Gasteiger partial charge in [-0.15, -0.1) is 0 Å². The number of nitrogens with zero attached hydrogens (tertiary/aromatic N) is 1. The van der Waals surface area contributed by atoms with Gasteiger partial charge in [-0.1, -0.05) is 6.07 Å². The first-order valence-electron chi connectivity index (χ1n) is 4.69. The van der Waals surface area contributed by atoms with E-state index in [1.165, 1.54) is 0 Å². The number of alkyl carbamates (subject to hydrolysis) is 1. The molecule has 1 aromatic heterocycles. The highest BCUT2D eigenvalue weighted by atomic mass is 16.6. The number of pyridine rings is 1. The average molecular weight is 210 g/mol. The van der Waals surface area contributed by atoms with E-state index in [0.29, 0.717) is 0 Å². The van der Waals surface area contributed by atoms with Gasteiger partial charge in [0.1, 0.15) is 6.61 Å². The lowest BCUT2D eigenvalue weighted by Crippen LogP contribution is -2.28. The largest absolute Gasteiger partial charge is 0.447 e. The van der Waals surface area contributed by atoms with Crippen molar-refractivity contribution in [2.45, 2.75) is 13.0 Å². The number of aliphatic hydroxyl groups is 1. The predicted molar refractivity (Wildman–Crippen MR) is 54.2 cm³/mol. The molecule has 1 rings (SSSR count). The zero-order valence-corrected chi connectivity index (χ0v) is 8.51. The molecule has 0 saturated carbocycles. The number of carbonyl (C=O) groups excluding carboxylic acids is 1. The molecule has 0 spiro atoms. The van der Waals surface area contributed by atoms with E-state index in [2.05, 4.69) is 15.0 Å². The van der Waals surface area contributed by atoms with Crippen LogP contribution in [0.4, 0.5) is 4.79 Å². The van der Waals surface area contributed by atoms with Gasteiger partial charge in [-0.3, -0.25) is 4.98 Å². The van der Waals surface area contributed by atoms with Crippen LogP contribution in [0.1, 0.15) is 18.7 Å². The van der Waals surface area contributed by atoms with E-state index in [1.54, 1.807) is 12.3 Å². The van der Waals surface area contributed by atoms with Gasteiger partial charge in [0.05, 0.1) is 18.3 Å². The van der Waals surface area contributed by atoms with Crippen LogP contribution in [0.3, 0.4) is 0 Å². The Balaban J connectivity index is 2.42. The number of nitrogens with one attached hydrogen (secondary N) is 1. The van der Waals surface area contributed by atoms with Crippen LogP contribution >= 0.6 is 0 Å². The standard InChI is InChI=1S/C10H14N2O3/c1-8(9-4-2-3-5-11-9)12-10(14)15-7-6-13/h2-5,8,13H,6-7H2,1H3,(H,12,14). The van der Waals surface area contributed by atoms with E-state index in [0.717, 1.165) is 5.69 Å². The molecule has 2 N–H and O–H groups in total. The first kappa shape index (κ1) is 11.5. The monoisotopic (exact) mass is 210 g/mol. The maximum atomic E-state index is 11.1. The lowest BCUT2D eigenvalue weighted by Gasteiger charge is -2.12. The van der Waals surface area contributed by atoms with E-state index in [1.807, 2.05) is 19.1 Å². The molecule has 82 valence electrons. The van der Waals surface area contributed by atoms with Crippen LogP contribution in [-0.4, -0.2) is 29.4 Å². The summed E-state index contributed by atoms with van der Waals surface area (Å²) in [5.41, 5.74) is 0.762. The van der Waals surface area contributed by atoms with Crippen molar-refractivity contribution in [2.75, 3.05) is 13.2 Å². The maximum absolute atomic E-state index is 11.1. The van der Waals surface area contributed by atoms with Crippen molar-refractivity contribution < 1.29 is 14.6 Å². The molecule has 0 aliphatic carbocycles. The molecule has 1 aromatic rings. The Morgan fingerprint density at radius 2 is 2.47 bits per heavy atom. The highest BCUT2D eigenvalue weighted by Gasteiger charge is 2.10. The van der Waals surface area contributed by atoms with Gasteiger partial charge >= 0.3 is 6.09 Å². The van der Waals surface area contributed by atoms with Gasteiger partial charge in [0.2, 0.25) is 0 Å². The summed E-state index contributed by atoms with van der Waals surface area (Å²) < 4.78 is 4.66. The van der Waals surface area contributed by atoms with Gasteiger partial charge in [-0.05, 0) is 19.1 Å². The third-order valence-corrected chi connectivity index (χ3v) is 1.79. The van der Waals surface area contributed by atoms with Crippen molar-refractivity contribution in [3.63, 3.8) is 0 Å². The summed E-state index contributed by atoms with van der Waals surface area (Å²) in [5, 5.41) is 11.0. The first-order chi connectivity index (χ1) is 7.24. The summed E-state index contributed by atoms with van der Waals surface area (Å²) >= 11 is 0. The van der Waals surface area contributed by atoms with Crippen molar-refractivity contribution >= 4 is 6.09 Å². The highest BCUT2D eigenvalue weighted by molar-refractivity contribution is 5.67. The van der Waals surface area contributed by atoms with E-state index in [4.69, 9.17) is 5.11 Å². The number of aliphatic hydroxyl groups excluding tert-OH is 1. The Morgan fingerprint density at radius 3 is 3.07 bits per heavy atom. The van der Waals surface area contributed by atoms with Crippen LogP contribution in [0.2, 0.25) is 0 Å². The van der Waals surface area contributed by atoms with Gasteiger partial charge in [0, 0.05) is 6.20 Å². The number of ether oxygens (including phenoxy) is 1. The van der Waals surface area contributed by atoms with E-state index < -0.39 is 6.09 Å². The number of carbonyl (C=O) groups is 1. The Kier molecular flexibility index (Phi) is 4.56. The molecule has 0 radical (unpaired) electrons. The van der Waals surface area contributed by atoms with E-state index >= 15 is 0 Å². The van der Waals surface area contributed by atoms with Crippen molar-refractivity contribution in [3.8, 4) is 0 Å². The summed E-state index contributed by atoms with van der Waals surface area (Å²) in [5.74, 6) is 0. The fourth-order valence-corrected chi connectivity index (χ4v) is 1.06. The van der Waals surface area contributed by atoms with Gasteiger partial charge in [-0.25, -0.2) is 4.79 Å². The van der Waals surface area contributed by atoms with Crippen LogP contribution in [0.5, 0.6) is 0 Å². The summed E-state index contributed by atoms with van der Waals surface area (Å²) in [6, 6.07) is 5.26. The molecule has 1 unspecified atom stereocenters. The van der Waals surface area contributed by atoms with E-state index in [-0.39, 0.29) is 19.3 Å². The minimum atomic E-state index is -0.554. The molecule has 15 heavy (non-hydrogen) atoms. The van der Waals surface area contributed by atoms with Crippen LogP contribution in [0.25, 0.3) is 0 Å². The summed E-state index contributed by atoms with van der Waals surface area (Å²) in [4.78, 5) is 15.2. The van der Waals surface area contributed by atoms with Crippen molar-refractivity contribution in [1.29, 1.82) is 0 Å². The molecule has 0 aromatic carbocycles. The smallest absolute Gasteiger partial charge is 0.407 e. The molecule has 0 aliphatic heterocycles. The first-order valence-corrected chi connectivity index (χ1v) is 4.69. The minimum Gasteiger partial charge on any atom is -0.447 e. The number of aromatic nitrogens is 1. The Bertz CT molecular complexity index is 303. The number of hydrogen-bond donors (Lipinski definition) is 2. The lowest BCUT2D eigenvalue weighted by molar-refractivity contribution is 0.116. The fourth-order valence-electron chi connectivity index (χ4n) is 1.06. The van der Waals surface area contributed by atoms with Gasteiger partial charge in [0.15, 0.2) is 0 Å². The topological polar surface area (TPSA) is 71.5 Å². The maximum Gasteiger partial charge on any atom is 0.407 e. The molecule has 0 bridgehead atoms. The Hall–Kier alpha value is -1.62. The van der Waals surface area contributed by atoms with Crippen molar-refractivity contribution in [3.05, 3.63) is 30.1 Å². The molecule has 0 fully saturated rings. The Labute approximate surface area is 88.1 Å². The lowest BCUT2D eigenvalue weighted by atomic mass is 10.2. The predicted octanol–water partition coefficient (Wildman–Crippen LogP) is 0.861. The third-order valence-electron chi connectivity index (χ3n) is 1.79. The quantitative estimate of drug-likeness (QED) is 0.773. The molecule has 1 amide bonds. The van der Waals surface area contributed by atoms with Crippen molar-refractivity contribution in [2.24, 2.45) is 0 Å². The average Bonchev–Trinajstić information content (AvgIpc) is 2.27. The molecule has 1 atom stereocenters. The van der Waals surface area contributed by atoms with Gasteiger partial charge in [0.25, 0.3) is 0 Å². The SMILES string of the molecule is CC(NC(=O)OCCO)c1ccccn1. The second kappa shape index (κ2) is 5.98. The molecule has 5 heteroatoms. The minimum absolute atomic E-state index is 0.000765. The molecule has 0 saturated heterocycles. The van der Waals surface area contributed by atoms with E-state index in [9.17, 15) is 4.79 Å². The fraction of sp³-hybridized carbons (Fsp3) is 0.400. The molecule has 5 nitrogen and oxygen atoms in total.